The molecule has 0 radical (unpaired) electrons. The minimum atomic E-state index is -0.989. The molecule has 1 aliphatic carbocycles. The normalized spacial score (nSPS) is 15.1. The number of carbonyl (C=O) groups excluding carboxylic acids is 1. The molecule has 0 amide bonds. The van der Waals surface area contributed by atoms with Crippen LogP contribution in [0.15, 0.2) is 55.6 Å². The van der Waals surface area contributed by atoms with E-state index in [0.717, 1.165) is 26.1 Å². The van der Waals surface area contributed by atoms with Crippen molar-refractivity contribution in [2.75, 3.05) is 13.2 Å². The van der Waals surface area contributed by atoms with Crippen molar-refractivity contribution in [3.8, 4) is 0 Å². The van der Waals surface area contributed by atoms with Crippen molar-refractivity contribution < 1.29 is 24.2 Å². The van der Waals surface area contributed by atoms with Crippen LogP contribution >= 0.6 is 0 Å². The summed E-state index contributed by atoms with van der Waals surface area (Å²) in [7, 11) is 0. The molecule has 0 heterocycles. The Morgan fingerprint density at radius 1 is 0.829 bits per heavy atom. The molecule has 0 aliphatic heterocycles. The fraction of sp³-hybridized carbons (Fsp3) is 0.467. The fourth-order valence-corrected chi connectivity index (χ4v) is 4.18. The average Bonchev–Trinajstić information content (AvgIpc) is 2.83. The summed E-state index contributed by atoms with van der Waals surface area (Å²) in [5, 5.41) is 8.99. The number of carboxylic acids is 1. The molecule has 2 aromatic carbocycles. The molecule has 0 atom stereocenters. The third-order valence-electron chi connectivity index (χ3n) is 6.31. The first-order chi connectivity index (χ1) is 16.4. The van der Waals surface area contributed by atoms with Gasteiger partial charge in [-0.25, -0.2) is 4.79 Å². The van der Waals surface area contributed by atoms with Gasteiger partial charge in [0.05, 0.1) is 5.56 Å². The minimum absolute atomic E-state index is 0.0370. The van der Waals surface area contributed by atoms with Gasteiger partial charge < -0.3 is 14.6 Å². The van der Waals surface area contributed by atoms with Crippen LogP contribution < -0.4 is 0 Å². The van der Waals surface area contributed by atoms with E-state index in [1.807, 2.05) is 32.9 Å². The topological polar surface area (TPSA) is 72.8 Å². The number of benzene rings is 2. The van der Waals surface area contributed by atoms with Crippen LogP contribution in [0.5, 0.6) is 0 Å². The third-order valence-corrected chi connectivity index (χ3v) is 6.31. The molecule has 5 nitrogen and oxygen atoms in total. The van der Waals surface area contributed by atoms with Crippen molar-refractivity contribution in [1.82, 2.24) is 0 Å². The zero-order valence-corrected chi connectivity index (χ0v) is 22.4. The Morgan fingerprint density at radius 3 is 1.71 bits per heavy atom. The van der Waals surface area contributed by atoms with E-state index in [-0.39, 0.29) is 28.5 Å². The smallest absolute Gasteiger partial charge is 0.335 e. The van der Waals surface area contributed by atoms with Crippen LogP contribution in [-0.2, 0) is 20.3 Å². The SMILES string of the molecule is C=C.CC1(C)CCC(C)(C)c2cc(C(=O)c3ccc(C(=O)O)cc3)ccc21.CCOC(C)OCC. The summed E-state index contributed by atoms with van der Waals surface area (Å²) in [5.41, 5.74) is 4.10. The fourth-order valence-electron chi connectivity index (χ4n) is 4.18. The predicted molar refractivity (Wildman–Crippen MR) is 143 cm³/mol. The van der Waals surface area contributed by atoms with Crippen molar-refractivity contribution >= 4 is 11.8 Å². The molecule has 35 heavy (non-hydrogen) atoms. The van der Waals surface area contributed by atoms with Crippen LogP contribution in [0.3, 0.4) is 0 Å². The molecule has 1 aliphatic rings. The summed E-state index contributed by atoms with van der Waals surface area (Å²) in [6, 6.07) is 12.1. The van der Waals surface area contributed by atoms with Crippen molar-refractivity contribution in [1.29, 1.82) is 0 Å². The van der Waals surface area contributed by atoms with Crippen LogP contribution in [0, 0.1) is 0 Å². The zero-order chi connectivity index (χ0) is 26.8. The van der Waals surface area contributed by atoms with Gasteiger partial charge in [0.15, 0.2) is 12.1 Å². The number of fused-ring (bicyclic) bond motifs is 1. The second-order valence-corrected chi connectivity index (χ2v) is 9.72. The van der Waals surface area contributed by atoms with Crippen molar-refractivity contribution in [3.63, 3.8) is 0 Å². The van der Waals surface area contributed by atoms with Gasteiger partial charge >= 0.3 is 5.97 Å². The second-order valence-electron chi connectivity index (χ2n) is 9.72. The number of ketones is 1. The third kappa shape index (κ3) is 8.15. The maximum Gasteiger partial charge on any atom is 0.335 e. The number of aromatic carboxylic acids is 1. The van der Waals surface area contributed by atoms with Gasteiger partial charge in [0, 0.05) is 24.3 Å². The Bertz CT molecular complexity index is 967. The van der Waals surface area contributed by atoms with Crippen LogP contribution in [0.1, 0.15) is 98.7 Å². The molecular formula is C30H42O5. The van der Waals surface area contributed by atoms with Crippen LogP contribution in [0.4, 0.5) is 0 Å². The molecule has 0 aromatic heterocycles. The van der Waals surface area contributed by atoms with Gasteiger partial charge in [0.25, 0.3) is 0 Å². The number of carboxylic acid groups (broad SMARTS) is 1. The van der Waals surface area contributed by atoms with E-state index in [1.54, 1.807) is 12.1 Å². The molecule has 3 rings (SSSR count). The zero-order valence-electron chi connectivity index (χ0n) is 22.4. The van der Waals surface area contributed by atoms with Gasteiger partial charge in [-0.15, -0.1) is 13.2 Å². The molecule has 2 aromatic rings. The molecule has 0 saturated carbocycles. The standard InChI is InChI=1S/C22H24O3.C6H14O2.C2H4/c1-21(2)11-12-22(3,4)18-13-16(9-10-17(18)21)19(23)14-5-7-15(8-6-14)20(24)25;1-4-7-6(3)8-5-2;1-2/h5-10,13H,11-12H2,1-4H3,(H,24,25);6H,4-5H2,1-3H3;1-2H2. The Hall–Kier alpha value is -2.76. The average molecular weight is 483 g/mol. The van der Waals surface area contributed by atoms with E-state index in [9.17, 15) is 9.59 Å². The lowest BCUT2D eigenvalue weighted by Crippen LogP contribution is -2.34. The van der Waals surface area contributed by atoms with Gasteiger partial charge in [0.1, 0.15) is 0 Å². The Labute approximate surface area is 211 Å². The highest BCUT2D eigenvalue weighted by atomic mass is 16.7. The van der Waals surface area contributed by atoms with E-state index >= 15 is 0 Å². The lowest BCUT2D eigenvalue weighted by molar-refractivity contribution is -0.123. The molecule has 0 fully saturated rings. The summed E-state index contributed by atoms with van der Waals surface area (Å²) < 4.78 is 10.1. The molecule has 1 N–H and O–H groups in total. The highest BCUT2D eigenvalue weighted by Gasteiger charge is 2.37. The number of carbonyl (C=O) groups is 2. The quantitative estimate of drug-likeness (QED) is 0.257. The maximum absolute atomic E-state index is 12.8. The Balaban J connectivity index is 0.000000523. The Kier molecular flexibility index (Phi) is 11.6. The monoisotopic (exact) mass is 482 g/mol. The minimum Gasteiger partial charge on any atom is -0.478 e. The van der Waals surface area contributed by atoms with Gasteiger partial charge in [-0.05, 0) is 73.8 Å². The molecule has 0 spiro atoms. The summed E-state index contributed by atoms with van der Waals surface area (Å²) in [4.78, 5) is 23.8. The maximum atomic E-state index is 12.8. The number of hydrogen-bond donors (Lipinski definition) is 1. The van der Waals surface area contributed by atoms with E-state index < -0.39 is 5.97 Å². The van der Waals surface area contributed by atoms with E-state index in [1.165, 1.54) is 23.3 Å². The van der Waals surface area contributed by atoms with Crippen LogP contribution in [0.2, 0.25) is 0 Å². The first-order valence-corrected chi connectivity index (χ1v) is 12.2. The molecule has 0 saturated heterocycles. The van der Waals surface area contributed by atoms with Gasteiger partial charge in [-0.3, -0.25) is 4.79 Å². The number of ether oxygens (including phenoxy) is 2. The number of hydrogen-bond acceptors (Lipinski definition) is 4. The van der Waals surface area contributed by atoms with Crippen molar-refractivity contribution in [3.05, 3.63) is 83.4 Å². The van der Waals surface area contributed by atoms with E-state index in [0.29, 0.717) is 11.1 Å². The van der Waals surface area contributed by atoms with Crippen molar-refractivity contribution in [2.45, 2.75) is 78.4 Å². The number of rotatable bonds is 7. The van der Waals surface area contributed by atoms with Gasteiger partial charge in [0.2, 0.25) is 0 Å². The highest BCUT2D eigenvalue weighted by molar-refractivity contribution is 6.09. The largest absolute Gasteiger partial charge is 0.478 e. The highest BCUT2D eigenvalue weighted by Crippen LogP contribution is 2.46. The van der Waals surface area contributed by atoms with Gasteiger partial charge in [-0.2, -0.15) is 0 Å². The van der Waals surface area contributed by atoms with Crippen molar-refractivity contribution in [2.24, 2.45) is 0 Å². The van der Waals surface area contributed by atoms with E-state index in [2.05, 4.69) is 46.9 Å². The molecule has 0 unspecified atom stereocenters. The second kappa shape index (κ2) is 13.4. The molecule has 0 bridgehead atoms. The van der Waals surface area contributed by atoms with Gasteiger partial charge in [-0.1, -0.05) is 52.0 Å². The first kappa shape index (κ1) is 30.3. The predicted octanol–water partition coefficient (Wildman–Crippen LogP) is 7.17. The van der Waals surface area contributed by atoms with Crippen LogP contribution in [-0.4, -0.2) is 36.4 Å². The molecule has 192 valence electrons. The summed E-state index contributed by atoms with van der Waals surface area (Å²) in [6.07, 6.45) is 2.19. The molecule has 5 heteroatoms. The van der Waals surface area contributed by atoms with E-state index in [4.69, 9.17) is 14.6 Å². The van der Waals surface area contributed by atoms with Crippen LogP contribution in [0.25, 0.3) is 0 Å². The molecular weight excluding hydrogens is 440 g/mol. The Morgan fingerprint density at radius 2 is 1.26 bits per heavy atom. The lowest BCUT2D eigenvalue weighted by Gasteiger charge is -2.42. The summed E-state index contributed by atoms with van der Waals surface area (Å²) in [5.74, 6) is -1.06. The first-order valence-electron chi connectivity index (χ1n) is 12.2. The lowest BCUT2D eigenvalue weighted by atomic mass is 9.63. The summed E-state index contributed by atoms with van der Waals surface area (Å²) >= 11 is 0. The summed E-state index contributed by atoms with van der Waals surface area (Å²) in [6.45, 7) is 22.2.